The maximum absolute atomic E-state index is 10.3. The van der Waals surface area contributed by atoms with E-state index in [0.717, 1.165) is 10.0 Å². The lowest BCUT2D eigenvalue weighted by molar-refractivity contribution is -0.0688. The van der Waals surface area contributed by atoms with Crippen LogP contribution in [0.1, 0.15) is 5.56 Å². The molecule has 1 aromatic rings. The van der Waals surface area contributed by atoms with Crippen molar-refractivity contribution >= 4 is 45.2 Å². The fraction of sp³-hybridized carbons (Fsp3) is 0.533. The maximum atomic E-state index is 10.3. The van der Waals surface area contributed by atoms with Crippen LogP contribution in [0.4, 0.5) is 0 Å². The topological polar surface area (TPSA) is 136 Å². The molecule has 4 heterocycles. The van der Waals surface area contributed by atoms with E-state index in [1.165, 1.54) is 6.34 Å². The third-order valence-electron chi connectivity index (χ3n) is 4.72. The van der Waals surface area contributed by atoms with Crippen molar-refractivity contribution in [2.45, 2.75) is 36.6 Å². The zero-order valence-electron chi connectivity index (χ0n) is 13.6. The Morgan fingerprint density at radius 3 is 2.85 bits per heavy atom. The van der Waals surface area contributed by atoms with Crippen LogP contribution in [-0.4, -0.2) is 81.6 Å². The van der Waals surface area contributed by atoms with Gasteiger partial charge in [-0.25, -0.2) is 9.98 Å². The van der Waals surface area contributed by atoms with Crippen molar-refractivity contribution < 1.29 is 20.1 Å². The molecular formula is C15H18BrN5O4S. The molecule has 11 heteroatoms. The molecule has 5 atom stereocenters. The normalized spacial score (nSPS) is 36.3. The van der Waals surface area contributed by atoms with E-state index in [9.17, 15) is 15.3 Å². The molecule has 1 aromatic heterocycles. The van der Waals surface area contributed by atoms with Crippen LogP contribution in [0.2, 0.25) is 0 Å². The third-order valence-corrected chi connectivity index (χ3v) is 6.55. The van der Waals surface area contributed by atoms with E-state index in [0.29, 0.717) is 18.0 Å². The fourth-order valence-corrected chi connectivity index (χ4v) is 4.77. The largest absolute Gasteiger partial charge is 0.394 e. The van der Waals surface area contributed by atoms with Crippen LogP contribution in [0.3, 0.4) is 0 Å². The highest BCUT2D eigenvalue weighted by molar-refractivity contribution is 9.10. The first-order valence-corrected chi connectivity index (χ1v) is 9.73. The number of aliphatic imine (C=N–C) groups is 3. The molecule has 26 heavy (non-hydrogen) atoms. The van der Waals surface area contributed by atoms with E-state index in [-0.39, 0.29) is 6.67 Å². The lowest BCUT2D eigenvalue weighted by Gasteiger charge is -2.32. The second kappa shape index (κ2) is 6.75. The molecule has 1 unspecified atom stereocenters. The number of aliphatic hydroxyl groups excluding tert-OH is 3. The van der Waals surface area contributed by atoms with Crippen LogP contribution in [0, 0.1) is 0 Å². The van der Waals surface area contributed by atoms with Gasteiger partial charge in [0.25, 0.3) is 0 Å². The van der Waals surface area contributed by atoms with Crippen molar-refractivity contribution in [1.29, 1.82) is 0 Å². The quantitative estimate of drug-likeness (QED) is 0.485. The summed E-state index contributed by atoms with van der Waals surface area (Å²) in [5.41, 5.74) is 6.99. The minimum absolute atomic E-state index is 0.174. The summed E-state index contributed by atoms with van der Waals surface area (Å²) in [6.07, 6.45) is -2.28. The Morgan fingerprint density at radius 2 is 2.19 bits per heavy atom. The van der Waals surface area contributed by atoms with E-state index >= 15 is 0 Å². The molecule has 9 nitrogen and oxygen atoms in total. The second-order valence-corrected chi connectivity index (χ2v) is 7.99. The van der Waals surface area contributed by atoms with E-state index in [2.05, 4.69) is 30.9 Å². The number of nitrogens with zero attached hydrogens (tertiary/aromatic N) is 4. The second-order valence-electron chi connectivity index (χ2n) is 6.39. The number of amidine groups is 1. The lowest BCUT2D eigenvalue weighted by atomic mass is 9.96. The van der Waals surface area contributed by atoms with Gasteiger partial charge in [0.05, 0.1) is 6.61 Å². The average molecular weight is 444 g/mol. The minimum Gasteiger partial charge on any atom is -0.394 e. The van der Waals surface area contributed by atoms with Gasteiger partial charge in [0.1, 0.15) is 37.0 Å². The Morgan fingerprint density at radius 1 is 1.38 bits per heavy atom. The van der Waals surface area contributed by atoms with Gasteiger partial charge < -0.3 is 30.7 Å². The first-order chi connectivity index (χ1) is 12.4. The number of hydrogen-bond donors (Lipinski definition) is 4. The Bertz CT molecular complexity index is 799. The SMILES string of the molecule is NC1(Cc2cscc2Br)N=CN=C2C1=NCN2[C@@H]1O[C@H](CO)[C@@H](O)[C@H]1O. The van der Waals surface area contributed by atoms with Crippen LogP contribution in [0.15, 0.2) is 30.2 Å². The highest BCUT2D eigenvalue weighted by Crippen LogP contribution is 2.31. The Hall–Kier alpha value is -1.21. The van der Waals surface area contributed by atoms with E-state index in [1.807, 2.05) is 10.8 Å². The number of hydrogen-bond acceptors (Lipinski definition) is 10. The molecule has 4 rings (SSSR count). The third kappa shape index (κ3) is 2.83. The molecule has 140 valence electrons. The van der Waals surface area contributed by atoms with Crippen molar-refractivity contribution in [1.82, 2.24) is 4.90 Å². The minimum atomic E-state index is -1.19. The van der Waals surface area contributed by atoms with Crippen molar-refractivity contribution in [2.75, 3.05) is 13.3 Å². The molecule has 0 aliphatic carbocycles. The number of ether oxygens (including phenoxy) is 1. The summed E-state index contributed by atoms with van der Waals surface area (Å²) in [7, 11) is 0. The molecule has 1 saturated heterocycles. The molecule has 3 aliphatic rings. The number of aliphatic hydroxyl groups is 3. The van der Waals surface area contributed by atoms with Crippen molar-refractivity contribution in [2.24, 2.45) is 20.7 Å². The Labute approximate surface area is 161 Å². The van der Waals surface area contributed by atoms with Crippen molar-refractivity contribution in [3.8, 4) is 0 Å². The molecule has 0 bridgehead atoms. The van der Waals surface area contributed by atoms with E-state index in [4.69, 9.17) is 10.5 Å². The van der Waals surface area contributed by atoms with Crippen LogP contribution in [0.5, 0.6) is 0 Å². The number of nitrogens with two attached hydrogens (primary N) is 1. The fourth-order valence-electron chi connectivity index (χ4n) is 3.33. The van der Waals surface area contributed by atoms with Crippen LogP contribution in [-0.2, 0) is 11.2 Å². The zero-order chi connectivity index (χ0) is 18.5. The number of halogens is 1. The van der Waals surface area contributed by atoms with Gasteiger partial charge >= 0.3 is 0 Å². The van der Waals surface area contributed by atoms with Gasteiger partial charge in [-0.2, -0.15) is 11.3 Å². The molecule has 0 amide bonds. The van der Waals surface area contributed by atoms with Crippen molar-refractivity contribution in [3.63, 3.8) is 0 Å². The maximum Gasteiger partial charge on any atom is 0.162 e. The van der Waals surface area contributed by atoms with Crippen LogP contribution in [0.25, 0.3) is 0 Å². The van der Waals surface area contributed by atoms with Gasteiger partial charge in [0.15, 0.2) is 17.7 Å². The van der Waals surface area contributed by atoms with Gasteiger partial charge in [-0.05, 0) is 26.9 Å². The molecule has 0 saturated carbocycles. The molecule has 0 radical (unpaired) electrons. The molecule has 0 aromatic carbocycles. The summed E-state index contributed by atoms with van der Waals surface area (Å²) >= 11 is 5.07. The first kappa shape index (κ1) is 18.2. The highest BCUT2D eigenvalue weighted by atomic mass is 79.9. The van der Waals surface area contributed by atoms with E-state index < -0.39 is 36.8 Å². The predicted octanol–water partition coefficient (Wildman–Crippen LogP) is -0.698. The molecule has 5 N–H and O–H groups in total. The average Bonchev–Trinajstić information content (AvgIpc) is 3.29. The lowest BCUT2D eigenvalue weighted by Crippen LogP contribution is -2.56. The smallest absolute Gasteiger partial charge is 0.162 e. The highest BCUT2D eigenvalue weighted by Gasteiger charge is 2.50. The molecule has 1 fully saturated rings. The number of rotatable bonds is 4. The summed E-state index contributed by atoms with van der Waals surface area (Å²) in [5.74, 6) is 0.462. The van der Waals surface area contributed by atoms with Gasteiger partial charge in [-0.1, -0.05) is 0 Å². The van der Waals surface area contributed by atoms with Gasteiger partial charge in [-0.3, -0.25) is 4.99 Å². The Balaban J connectivity index is 1.58. The predicted molar refractivity (Wildman–Crippen MR) is 100 cm³/mol. The summed E-state index contributed by atoms with van der Waals surface area (Å²) in [6, 6.07) is 0. The molecular weight excluding hydrogens is 426 g/mol. The zero-order valence-corrected chi connectivity index (χ0v) is 16.0. The Kier molecular flexibility index (Phi) is 4.72. The summed E-state index contributed by atoms with van der Waals surface area (Å²) in [4.78, 5) is 14.7. The number of thiophene rings is 1. The van der Waals surface area contributed by atoms with Crippen LogP contribution < -0.4 is 5.73 Å². The van der Waals surface area contributed by atoms with E-state index in [1.54, 1.807) is 16.2 Å². The summed E-state index contributed by atoms with van der Waals surface area (Å²) < 4.78 is 6.56. The monoisotopic (exact) mass is 443 g/mol. The standard InChI is InChI=1S/C15H18BrN5O4S/c16-8-4-26-3-7(8)1-15(17)12-13(18-5-20-15)21(6-19-12)14-11(24)10(23)9(2-22)25-14/h3-5,9-11,14,22-24H,1-2,6,17H2/t9-,10-,11-,14-,15?/m1/s1. The van der Waals surface area contributed by atoms with Gasteiger partial charge in [0.2, 0.25) is 0 Å². The molecule has 0 spiro atoms. The first-order valence-electron chi connectivity index (χ1n) is 8.00. The summed E-state index contributed by atoms with van der Waals surface area (Å²) in [6.45, 7) is -0.217. The number of fused-ring (bicyclic) bond motifs is 1. The van der Waals surface area contributed by atoms with Crippen LogP contribution >= 0.6 is 27.3 Å². The molecule has 3 aliphatic heterocycles. The van der Waals surface area contributed by atoms with Gasteiger partial charge in [-0.15, -0.1) is 0 Å². The van der Waals surface area contributed by atoms with Crippen molar-refractivity contribution in [3.05, 3.63) is 20.8 Å². The summed E-state index contributed by atoms with van der Waals surface area (Å²) in [5, 5.41) is 33.5. The van der Waals surface area contributed by atoms with Gasteiger partial charge in [0, 0.05) is 16.3 Å².